The van der Waals surface area contributed by atoms with Crippen molar-refractivity contribution in [1.82, 2.24) is 4.98 Å². The van der Waals surface area contributed by atoms with E-state index in [1.165, 1.54) is 17.5 Å². The van der Waals surface area contributed by atoms with E-state index in [1.54, 1.807) is 0 Å². The summed E-state index contributed by atoms with van der Waals surface area (Å²) in [5, 5.41) is 9.72. The summed E-state index contributed by atoms with van der Waals surface area (Å²) in [4.78, 5) is 4.84. The van der Waals surface area contributed by atoms with Crippen LogP contribution in [0.25, 0.3) is 0 Å². The lowest BCUT2D eigenvalue weighted by Crippen LogP contribution is -2.11. The van der Waals surface area contributed by atoms with Crippen molar-refractivity contribution in [3.63, 3.8) is 0 Å². The van der Waals surface area contributed by atoms with Crippen LogP contribution in [0.1, 0.15) is 28.8 Å². The van der Waals surface area contributed by atoms with E-state index in [0.29, 0.717) is 10.6 Å². The van der Waals surface area contributed by atoms with Gasteiger partial charge in [0.05, 0.1) is 11.8 Å². The van der Waals surface area contributed by atoms with Gasteiger partial charge >= 0.3 is 0 Å². The fourth-order valence-electron chi connectivity index (χ4n) is 2.29. The summed E-state index contributed by atoms with van der Waals surface area (Å²) >= 11 is 7.92. The monoisotopic (exact) mass is 359 g/mol. The number of fused-ring (bicyclic) bond motifs is 1. The molecule has 0 bridgehead atoms. The molecule has 0 spiro atoms. The smallest absolute Gasteiger partial charge is 0.269 e. The quantitative estimate of drug-likeness (QED) is 0.910. The van der Waals surface area contributed by atoms with Gasteiger partial charge in [0.1, 0.15) is 11.1 Å². The van der Waals surface area contributed by atoms with E-state index in [9.17, 15) is 13.7 Å². The maximum atomic E-state index is 12.3. The fourth-order valence-corrected chi connectivity index (χ4v) is 6.13. The van der Waals surface area contributed by atoms with Gasteiger partial charge in [-0.25, -0.2) is 13.4 Å². The fraction of sp³-hybridized carbons (Fsp3) is 0.333. The second-order valence-corrected chi connectivity index (χ2v) is 9.19. The molecule has 5 nitrogen and oxygen atoms in total. The molecule has 0 unspecified atom stereocenters. The Labute approximate surface area is 135 Å². The molecule has 0 aromatic carbocycles. The first kappa shape index (κ1) is 14.8. The number of thiazole rings is 1. The van der Waals surface area contributed by atoms with Gasteiger partial charge in [0.15, 0.2) is 8.68 Å². The molecule has 9 heteroatoms. The Morgan fingerprint density at radius 1 is 1.33 bits per heavy atom. The normalized spacial score (nSPS) is 14.5. The number of nitrogens with one attached hydrogen (secondary N) is 1. The molecular weight excluding hydrogens is 350 g/mol. The van der Waals surface area contributed by atoms with E-state index in [4.69, 9.17) is 11.6 Å². The molecule has 0 atom stereocenters. The van der Waals surface area contributed by atoms with Gasteiger partial charge in [-0.15, -0.1) is 11.3 Å². The Kier molecular flexibility index (Phi) is 3.92. The highest BCUT2D eigenvalue weighted by Crippen LogP contribution is 2.39. The van der Waals surface area contributed by atoms with Crippen molar-refractivity contribution in [2.24, 2.45) is 0 Å². The number of rotatable bonds is 3. The minimum Gasteiger partial charge on any atom is -0.269 e. The maximum Gasteiger partial charge on any atom is 0.273 e. The highest BCUT2D eigenvalue weighted by Gasteiger charge is 2.25. The van der Waals surface area contributed by atoms with Crippen molar-refractivity contribution in [1.29, 1.82) is 5.26 Å². The minimum absolute atomic E-state index is 0.0442. The summed E-state index contributed by atoms with van der Waals surface area (Å²) in [6.45, 7) is 0. The minimum atomic E-state index is -3.74. The highest BCUT2D eigenvalue weighted by molar-refractivity contribution is 7.95. The molecule has 2 heterocycles. The van der Waals surface area contributed by atoms with Crippen molar-refractivity contribution in [2.45, 2.75) is 29.9 Å². The molecule has 0 fully saturated rings. The average molecular weight is 360 g/mol. The number of aryl methyl sites for hydroxylation is 1. The predicted molar refractivity (Wildman–Crippen MR) is 83.6 cm³/mol. The zero-order chi connectivity index (χ0) is 15.0. The average Bonchev–Trinajstić information content (AvgIpc) is 3.01. The highest BCUT2D eigenvalue weighted by atomic mass is 35.5. The summed E-state index contributed by atoms with van der Waals surface area (Å²) in [6, 6.07) is 2.13. The molecule has 0 saturated carbocycles. The van der Waals surface area contributed by atoms with Crippen molar-refractivity contribution >= 4 is 49.3 Å². The van der Waals surface area contributed by atoms with Gasteiger partial charge in [0.25, 0.3) is 10.0 Å². The van der Waals surface area contributed by atoms with Crippen LogP contribution >= 0.6 is 34.3 Å². The van der Waals surface area contributed by atoms with Crippen LogP contribution in [0.15, 0.2) is 10.4 Å². The van der Waals surface area contributed by atoms with Crippen LogP contribution in [-0.4, -0.2) is 13.4 Å². The molecule has 0 radical (unpaired) electrons. The van der Waals surface area contributed by atoms with E-state index in [1.807, 2.05) is 0 Å². The summed E-state index contributed by atoms with van der Waals surface area (Å²) in [5.41, 5.74) is 1.45. The van der Waals surface area contributed by atoms with Gasteiger partial charge in [-0.2, -0.15) is 5.26 Å². The third kappa shape index (κ3) is 2.79. The number of nitrogens with zero attached hydrogens (tertiary/aromatic N) is 2. The first-order valence-electron chi connectivity index (χ1n) is 6.20. The van der Waals surface area contributed by atoms with Gasteiger partial charge in [-0.05, 0) is 31.2 Å². The topological polar surface area (TPSA) is 82.9 Å². The van der Waals surface area contributed by atoms with E-state index >= 15 is 0 Å². The van der Waals surface area contributed by atoms with Crippen LogP contribution in [0.5, 0.6) is 0 Å². The molecule has 1 N–H and O–H groups in total. The number of halogens is 1. The van der Waals surface area contributed by atoms with Crippen LogP contribution < -0.4 is 4.72 Å². The van der Waals surface area contributed by atoms with Crippen LogP contribution in [0.2, 0.25) is 4.47 Å². The Bertz CT molecular complexity index is 833. The molecule has 3 rings (SSSR count). The molecule has 0 amide bonds. The Balaban J connectivity index is 1.99. The van der Waals surface area contributed by atoms with Gasteiger partial charge in [0.2, 0.25) is 0 Å². The van der Waals surface area contributed by atoms with E-state index < -0.39 is 10.0 Å². The van der Waals surface area contributed by atoms with E-state index in [0.717, 1.165) is 47.5 Å². The van der Waals surface area contributed by atoms with Crippen LogP contribution in [0, 0.1) is 11.3 Å². The molecule has 21 heavy (non-hydrogen) atoms. The molecule has 1 aliphatic carbocycles. The molecule has 110 valence electrons. The number of hydrogen-bond donors (Lipinski definition) is 1. The number of sulfonamides is 1. The Morgan fingerprint density at radius 2 is 2.10 bits per heavy atom. The third-order valence-corrected chi connectivity index (χ3v) is 7.49. The third-order valence-electron chi connectivity index (χ3n) is 3.23. The lowest BCUT2D eigenvalue weighted by atomic mass is 9.96. The summed E-state index contributed by atoms with van der Waals surface area (Å²) in [6.07, 6.45) is 5.07. The van der Waals surface area contributed by atoms with Gasteiger partial charge in [-0.3, -0.25) is 4.72 Å². The lowest BCUT2D eigenvalue weighted by Gasteiger charge is -2.09. The summed E-state index contributed by atoms with van der Waals surface area (Å²) in [7, 11) is -3.74. The van der Waals surface area contributed by atoms with Crippen LogP contribution in [0.4, 0.5) is 5.00 Å². The van der Waals surface area contributed by atoms with E-state index in [2.05, 4.69) is 15.8 Å². The molecular formula is C12H10ClN3O2S3. The van der Waals surface area contributed by atoms with Crippen molar-refractivity contribution in [3.8, 4) is 6.07 Å². The zero-order valence-electron chi connectivity index (χ0n) is 10.7. The first-order valence-corrected chi connectivity index (χ1v) is 9.69. The first-order chi connectivity index (χ1) is 10.0. The number of anilines is 1. The largest absolute Gasteiger partial charge is 0.273 e. The molecule has 2 aromatic heterocycles. The molecule has 2 aromatic rings. The molecule has 0 aliphatic heterocycles. The summed E-state index contributed by atoms with van der Waals surface area (Å²) < 4.78 is 27.3. The van der Waals surface area contributed by atoms with Gasteiger partial charge < -0.3 is 0 Å². The molecule has 0 saturated heterocycles. The van der Waals surface area contributed by atoms with Crippen molar-refractivity contribution < 1.29 is 8.42 Å². The maximum absolute atomic E-state index is 12.3. The summed E-state index contributed by atoms with van der Waals surface area (Å²) in [5.74, 6) is 0. The van der Waals surface area contributed by atoms with Crippen LogP contribution in [0.3, 0.4) is 0 Å². The number of nitriles is 1. The van der Waals surface area contributed by atoms with Crippen molar-refractivity contribution in [2.75, 3.05) is 4.72 Å². The number of thiophene rings is 1. The second-order valence-electron chi connectivity index (χ2n) is 4.56. The van der Waals surface area contributed by atoms with Crippen molar-refractivity contribution in [3.05, 3.63) is 26.7 Å². The number of aromatic nitrogens is 1. The van der Waals surface area contributed by atoms with Crippen LogP contribution in [-0.2, 0) is 22.9 Å². The molecule has 1 aliphatic rings. The van der Waals surface area contributed by atoms with Gasteiger partial charge in [-0.1, -0.05) is 22.9 Å². The lowest BCUT2D eigenvalue weighted by molar-refractivity contribution is 0.603. The second kappa shape index (κ2) is 5.57. The van der Waals surface area contributed by atoms with Gasteiger partial charge in [0, 0.05) is 4.88 Å². The zero-order valence-corrected chi connectivity index (χ0v) is 13.9. The predicted octanol–water partition coefficient (Wildman–Crippen LogP) is 3.41. The van der Waals surface area contributed by atoms with E-state index in [-0.39, 0.29) is 8.68 Å². The number of hydrogen-bond acceptors (Lipinski definition) is 6. The standard InChI is InChI=1S/C12H10ClN3O2S3/c13-12-15-6-10(20-12)21(17,18)16-11-8(5-14)7-3-1-2-4-9(7)19-11/h6,16H,1-4H2. The SMILES string of the molecule is N#Cc1c(NS(=O)(=O)c2cnc(Cl)s2)sc2c1CCCC2. The Morgan fingerprint density at radius 3 is 2.76 bits per heavy atom. The Hall–Kier alpha value is -1.14.